The van der Waals surface area contributed by atoms with Crippen LogP contribution in [0.15, 0.2) is 18.3 Å². The van der Waals surface area contributed by atoms with Gasteiger partial charge >= 0.3 is 0 Å². The maximum absolute atomic E-state index is 12.0. The Hall–Kier alpha value is -1.63. The van der Waals surface area contributed by atoms with Crippen LogP contribution in [-0.4, -0.2) is 49.9 Å². The second-order valence-corrected chi connectivity index (χ2v) is 8.09. The number of anilines is 1. The minimum absolute atomic E-state index is 0.0262. The zero-order chi connectivity index (χ0) is 16.9. The van der Waals surface area contributed by atoms with E-state index in [0.717, 1.165) is 18.7 Å². The summed E-state index contributed by atoms with van der Waals surface area (Å²) in [5.74, 6) is 1.03. The quantitative estimate of drug-likeness (QED) is 0.764. The minimum atomic E-state index is -2.93. The molecule has 0 saturated carbocycles. The van der Waals surface area contributed by atoms with Gasteiger partial charge in [0.15, 0.2) is 9.84 Å². The van der Waals surface area contributed by atoms with Crippen molar-refractivity contribution in [3.63, 3.8) is 0 Å². The molecular weight excluding hydrogens is 314 g/mol. The Morgan fingerprint density at radius 2 is 2.17 bits per heavy atom. The lowest BCUT2D eigenvalue weighted by Crippen LogP contribution is -2.36. The maximum Gasteiger partial charge on any atom is 0.252 e. The van der Waals surface area contributed by atoms with Crippen LogP contribution in [-0.2, 0) is 9.84 Å². The Morgan fingerprint density at radius 1 is 1.39 bits per heavy atom. The summed E-state index contributed by atoms with van der Waals surface area (Å²) in [7, 11) is -2.93. The van der Waals surface area contributed by atoms with E-state index in [4.69, 9.17) is 0 Å². The molecule has 1 unspecified atom stereocenters. The average Bonchev–Trinajstić information content (AvgIpc) is 2.89. The first-order chi connectivity index (χ1) is 11.0. The van der Waals surface area contributed by atoms with Crippen LogP contribution in [0.4, 0.5) is 5.82 Å². The highest BCUT2D eigenvalue weighted by Gasteiger charge is 2.32. The van der Waals surface area contributed by atoms with Crippen molar-refractivity contribution in [1.82, 2.24) is 10.3 Å². The molecule has 1 aromatic rings. The Morgan fingerprint density at radius 3 is 2.70 bits per heavy atom. The standard InChI is InChI=1S/C16H25N3O3S/c1-3-5-9-17-16(20)13-6-7-15(18-11-13)19(4-2)14-8-10-23(21,22)12-14/h6-7,11,14H,3-5,8-10,12H2,1-2H3,(H,17,20). The largest absolute Gasteiger partial charge is 0.353 e. The summed E-state index contributed by atoms with van der Waals surface area (Å²) in [6.45, 7) is 5.41. The van der Waals surface area contributed by atoms with Gasteiger partial charge in [-0.1, -0.05) is 13.3 Å². The first-order valence-electron chi connectivity index (χ1n) is 8.18. The summed E-state index contributed by atoms with van der Waals surface area (Å²) < 4.78 is 23.3. The van der Waals surface area contributed by atoms with Gasteiger partial charge in [0.2, 0.25) is 0 Å². The molecule has 6 nitrogen and oxygen atoms in total. The molecule has 2 rings (SSSR count). The molecular formula is C16H25N3O3S. The third-order valence-electron chi connectivity index (χ3n) is 4.11. The zero-order valence-corrected chi connectivity index (χ0v) is 14.6. The van der Waals surface area contributed by atoms with E-state index >= 15 is 0 Å². The predicted octanol–water partition coefficient (Wildman–Crippen LogP) is 1.62. The van der Waals surface area contributed by atoms with Crippen LogP contribution >= 0.6 is 0 Å². The van der Waals surface area contributed by atoms with Gasteiger partial charge in [-0.25, -0.2) is 13.4 Å². The van der Waals surface area contributed by atoms with E-state index in [9.17, 15) is 13.2 Å². The van der Waals surface area contributed by atoms with Crippen LogP contribution in [0.5, 0.6) is 0 Å². The van der Waals surface area contributed by atoms with Gasteiger partial charge in [-0.05, 0) is 31.9 Å². The molecule has 1 aliphatic heterocycles. The van der Waals surface area contributed by atoms with Gasteiger partial charge in [0, 0.05) is 25.3 Å². The minimum Gasteiger partial charge on any atom is -0.353 e. The molecule has 2 heterocycles. The molecule has 0 bridgehead atoms. The van der Waals surface area contributed by atoms with E-state index < -0.39 is 9.84 Å². The number of pyridine rings is 1. The average molecular weight is 339 g/mol. The zero-order valence-electron chi connectivity index (χ0n) is 13.8. The van der Waals surface area contributed by atoms with Crippen molar-refractivity contribution in [3.05, 3.63) is 23.9 Å². The lowest BCUT2D eigenvalue weighted by atomic mass is 10.2. The molecule has 1 aliphatic rings. The monoisotopic (exact) mass is 339 g/mol. The first-order valence-corrected chi connectivity index (χ1v) is 10.00. The van der Waals surface area contributed by atoms with Gasteiger partial charge in [0.25, 0.3) is 5.91 Å². The highest BCUT2D eigenvalue weighted by Crippen LogP contribution is 2.22. The molecule has 0 aromatic carbocycles. The fourth-order valence-corrected chi connectivity index (χ4v) is 4.53. The number of hydrogen-bond donors (Lipinski definition) is 1. The van der Waals surface area contributed by atoms with Gasteiger partial charge in [-0.2, -0.15) is 0 Å². The lowest BCUT2D eigenvalue weighted by molar-refractivity contribution is 0.0953. The number of carbonyl (C=O) groups excluding carboxylic acids is 1. The second kappa shape index (κ2) is 7.77. The van der Waals surface area contributed by atoms with E-state index in [2.05, 4.69) is 17.2 Å². The number of unbranched alkanes of at least 4 members (excludes halogenated alkanes) is 1. The van der Waals surface area contributed by atoms with Crippen molar-refractivity contribution < 1.29 is 13.2 Å². The van der Waals surface area contributed by atoms with E-state index in [1.54, 1.807) is 18.3 Å². The van der Waals surface area contributed by atoms with Crippen molar-refractivity contribution in [2.75, 3.05) is 29.5 Å². The fraction of sp³-hybridized carbons (Fsp3) is 0.625. The number of aromatic nitrogens is 1. The molecule has 128 valence electrons. The topological polar surface area (TPSA) is 79.4 Å². The smallest absolute Gasteiger partial charge is 0.252 e. The number of nitrogens with one attached hydrogen (secondary N) is 1. The normalized spacial score (nSPS) is 19.5. The van der Waals surface area contributed by atoms with E-state index in [1.807, 2.05) is 11.8 Å². The van der Waals surface area contributed by atoms with Crippen molar-refractivity contribution in [2.24, 2.45) is 0 Å². The maximum atomic E-state index is 12.0. The number of nitrogens with zero attached hydrogens (tertiary/aromatic N) is 2. The summed E-state index contributed by atoms with van der Waals surface area (Å²) in [6.07, 6.45) is 4.18. The number of sulfone groups is 1. The van der Waals surface area contributed by atoms with Crippen molar-refractivity contribution >= 4 is 21.6 Å². The van der Waals surface area contributed by atoms with E-state index in [1.165, 1.54) is 0 Å². The van der Waals surface area contributed by atoms with Gasteiger partial charge in [0.05, 0.1) is 17.1 Å². The summed E-state index contributed by atoms with van der Waals surface area (Å²) in [5.41, 5.74) is 0.528. The Kier molecular flexibility index (Phi) is 5.98. The summed E-state index contributed by atoms with van der Waals surface area (Å²) in [6, 6.07) is 3.51. The summed E-state index contributed by atoms with van der Waals surface area (Å²) in [5, 5.41) is 2.86. The number of rotatable bonds is 7. The SMILES string of the molecule is CCCCNC(=O)c1ccc(N(CC)C2CCS(=O)(=O)C2)nc1. The highest BCUT2D eigenvalue weighted by molar-refractivity contribution is 7.91. The highest BCUT2D eigenvalue weighted by atomic mass is 32.2. The molecule has 1 amide bonds. The van der Waals surface area contributed by atoms with Crippen molar-refractivity contribution in [1.29, 1.82) is 0 Å². The van der Waals surface area contributed by atoms with Gasteiger partial charge in [-0.15, -0.1) is 0 Å². The van der Waals surface area contributed by atoms with Gasteiger partial charge in [-0.3, -0.25) is 4.79 Å². The Bertz CT molecular complexity index is 628. The summed E-state index contributed by atoms with van der Waals surface area (Å²) >= 11 is 0. The van der Waals surface area contributed by atoms with E-state index in [0.29, 0.717) is 25.1 Å². The molecule has 1 atom stereocenters. The third-order valence-corrected chi connectivity index (χ3v) is 5.86. The molecule has 1 fully saturated rings. The summed E-state index contributed by atoms with van der Waals surface area (Å²) in [4.78, 5) is 18.3. The van der Waals surface area contributed by atoms with Crippen LogP contribution in [0.25, 0.3) is 0 Å². The lowest BCUT2D eigenvalue weighted by Gasteiger charge is -2.27. The predicted molar refractivity (Wildman–Crippen MR) is 91.6 cm³/mol. The Balaban J connectivity index is 2.04. The molecule has 1 aromatic heterocycles. The Labute approximate surface area is 138 Å². The number of hydrogen-bond acceptors (Lipinski definition) is 5. The molecule has 0 aliphatic carbocycles. The molecule has 23 heavy (non-hydrogen) atoms. The van der Waals surface area contributed by atoms with Crippen LogP contribution in [0.2, 0.25) is 0 Å². The van der Waals surface area contributed by atoms with Crippen LogP contribution < -0.4 is 10.2 Å². The molecule has 1 N–H and O–H groups in total. The first kappa shape index (κ1) is 17.7. The van der Waals surface area contributed by atoms with Gasteiger partial charge in [0.1, 0.15) is 5.82 Å². The van der Waals surface area contributed by atoms with Gasteiger partial charge < -0.3 is 10.2 Å². The van der Waals surface area contributed by atoms with Crippen LogP contribution in [0.3, 0.4) is 0 Å². The van der Waals surface area contributed by atoms with Crippen LogP contribution in [0.1, 0.15) is 43.5 Å². The fourth-order valence-electron chi connectivity index (χ4n) is 2.80. The molecule has 1 saturated heterocycles. The van der Waals surface area contributed by atoms with Crippen molar-refractivity contribution in [2.45, 2.75) is 39.2 Å². The third kappa shape index (κ3) is 4.67. The van der Waals surface area contributed by atoms with E-state index in [-0.39, 0.29) is 23.5 Å². The molecule has 0 radical (unpaired) electrons. The number of amides is 1. The molecule has 0 spiro atoms. The number of carbonyl (C=O) groups is 1. The van der Waals surface area contributed by atoms with Crippen molar-refractivity contribution in [3.8, 4) is 0 Å². The molecule has 7 heteroatoms. The second-order valence-electron chi connectivity index (χ2n) is 5.86. The van der Waals surface area contributed by atoms with Crippen LogP contribution in [0, 0.1) is 0 Å².